The summed E-state index contributed by atoms with van der Waals surface area (Å²) in [4.78, 5) is 20.2. The number of aromatic nitrogens is 1. The molecule has 0 aliphatic carbocycles. The van der Waals surface area contributed by atoms with Crippen LogP contribution in [-0.4, -0.2) is 47.8 Å². The topological polar surface area (TPSA) is 54.9 Å². The molecular weight excluding hydrogens is 423 g/mol. The van der Waals surface area contributed by atoms with Gasteiger partial charge in [0.25, 0.3) is 0 Å². The summed E-state index contributed by atoms with van der Waals surface area (Å²) in [5, 5.41) is 0. The van der Waals surface area contributed by atoms with E-state index in [4.69, 9.17) is 9.47 Å². The van der Waals surface area contributed by atoms with Crippen molar-refractivity contribution in [2.24, 2.45) is 0 Å². The van der Waals surface area contributed by atoms with Crippen LogP contribution in [0.1, 0.15) is 39.2 Å². The van der Waals surface area contributed by atoms with Gasteiger partial charge in [0.2, 0.25) is 0 Å². The quantitative estimate of drug-likeness (QED) is 0.602. The Morgan fingerprint density at radius 2 is 1.72 bits per heavy atom. The Morgan fingerprint density at radius 1 is 1.09 bits per heavy atom. The number of halogens is 3. The maximum atomic E-state index is 13.1. The molecule has 1 aromatic carbocycles. The molecule has 0 unspecified atom stereocenters. The van der Waals surface area contributed by atoms with Crippen LogP contribution in [0.4, 0.5) is 29.3 Å². The minimum Gasteiger partial charge on any atom is -0.494 e. The van der Waals surface area contributed by atoms with Crippen LogP contribution in [0.15, 0.2) is 42.7 Å². The number of methoxy groups -OCH3 is 1. The first kappa shape index (κ1) is 23.7. The fraction of sp³-hybridized carbons (Fsp3) is 0.478. The van der Waals surface area contributed by atoms with E-state index in [1.807, 2.05) is 25.7 Å². The summed E-state index contributed by atoms with van der Waals surface area (Å²) in [6.45, 7) is 6.40. The highest BCUT2D eigenvalue weighted by atomic mass is 19.4. The average molecular weight is 451 g/mol. The zero-order valence-corrected chi connectivity index (χ0v) is 18.6. The van der Waals surface area contributed by atoms with Crippen molar-refractivity contribution in [1.29, 1.82) is 0 Å². The molecule has 0 atom stereocenters. The van der Waals surface area contributed by atoms with Gasteiger partial charge >= 0.3 is 12.3 Å². The van der Waals surface area contributed by atoms with E-state index in [1.165, 1.54) is 19.2 Å². The Balaban J connectivity index is 1.87. The van der Waals surface area contributed by atoms with Gasteiger partial charge in [0.15, 0.2) is 0 Å². The molecule has 2 heterocycles. The van der Waals surface area contributed by atoms with Crippen LogP contribution in [-0.2, 0) is 10.9 Å². The van der Waals surface area contributed by atoms with Crippen LogP contribution in [0.2, 0.25) is 0 Å². The number of hydrogen-bond donors (Lipinski definition) is 0. The number of nitrogens with zero attached hydrogens (tertiary/aromatic N) is 3. The molecule has 32 heavy (non-hydrogen) atoms. The first-order valence-electron chi connectivity index (χ1n) is 10.4. The van der Waals surface area contributed by atoms with Gasteiger partial charge < -0.3 is 19.3 Å². The molecule has 0 N–H and O–H groups in total. The standard InChI is InChI=1S/C23H28F3N3O3/c1-22(2,3)32-21(30)28-13-10-18(11-14-28)29(19-15-27-12-9-20(19)31-4)17-7-5-16(6-8-17)23(24,25)26/h5-9,12,15,18H,10-11,13-14H2,1-4H3. The monoisotopic (exact) mass is 451 g/mol. The Hall–Kier alpha value is -2.97. The molecule has 2 aromatic rings. The number of likely N-dealkylation sites (tertiary alicyclic amines) is 1. The largest absolute Gasteiger partial charge is 0.494 e. The van der Waals surface area contributed by atoms with Crippen molar-refractivity contribution in [3.63, 3.8) is 0 Å². The van der Waals surface area contributed by atoms with Crippen LogP contribution < -0.4 is 9.64 Å². The van der Waals surface area contributed by atoms with E-state index in [0.717, 1.165) is 12.1 Å². The molecule has 1 aromatic heterocycles. The van der Waals surface area contributed by atoms with Crippen molar-refractivity contribution >= 4 is 17.5 Å². The summed E-state index contributed by atoms with van der Waals surface area (Å²) >= 11 is 0. The summed E-state index contributed by atoms with van der Waals surface area (Å²) < 4.78 is 50.1. The number of benzene rings is 1. The Kier molecular flexibility index (Phi) is 6.85. The lowest BCUT2D eigenvalue weighted by Gasteiger charge is -2.40. The highest BCUT2D eigenvalue weighted by Crippen LogP contribution is 2.39. The predicted molar refractivity (Wildman–Crippen MR) is 115 cm³/mol. The van der Waals surface area contributed by atoms with Gasteiger partial charge in [0.1, 0.15) is 17.0 Å². The number of pyridine rings is 1. The molecule has 1 fully saturated rings. The zero-order valence-electron chi connectivity index (χ0n) is 18.6. The van der Waals surface area contributed by atoms with Crippen molar-refractivity contribution in [3.05, 3.63) is 48.3 Å². The number of carbonyl (C=O) groups is 1. The minimum atomic E-state index is -4.41. The molecule has 1 aliphatic heterocycles. The average Bonchev–Trinajstić information content (AvgIpc) is 2.73. The molecule has 0 radical (unpaired) electrons. The van der Waals surface area contributed by atoms with E-state index in [1.54, 1.807) is 23.4 Å². The van der Waals surface area contributed by atoms with Gasteiger partial charge in [-0.2, -0.15) is 13.2 Å². The number of amides is 1. The smallest absolute Gasteiger partial charge is 0.416 e. The number of piperidine rings is 1. The van der Waals surface area contributed by atoms with E-state index in [9.17, 15) is 18.0 Å². The SMILES string of the molecule is COc1ccncc1N(c1ccc(C(F)(F)F)cc1)C1CCN(C(=O)OC(C)(C)C)CC1. The fourth-order valence-corrected chi connectivity index (χ4v) is 3.72. The second-order valence-corrected chi connectivity index (χ2v) is 8.66. The van der Waals surface area contributed by atoms with Crippen LogP contribution in [0.5, 0.6) is 5.75 Å². The zero-order chi connectivity index (χ0) is 23.5. The third-order valence-corrected chi connectivity index (χ3v) is 5.19. The van der Waals surface area contributed by atoms with Crippen LogP contribution in [0, 0.1) is 0 Å². The van der Waals surface area contributed by atoms with E-state index >= 15 is 0 Å². The highest BCUT2D eigenvalue weighted by molar-refractivity contribution is 5.70. The molecule has 0 bridgehead atoms. The van der Waals surface area contributed by atoms with Crippen molar-refractivity contribution in [1.82, 2.24) is 9.88 Å². The number of hydrogen-bond acceptors (Lipinski definition) is 5. The molecule has 1 amide bonds. The summed E-state index contributed by atoms with van der Waals surface area (Å²) in [6.07, 6.45) is -0.323. The predicted octanol–water partition coefficient (Wildman–Crippen LogP) is 5.65. The molecule has 6 nitrogen and oxygen atoms in total. The second kappa shape index (κ2) is 9.26. The van der Waals surface area contributed by atoms with Crippen LogP contribution in [0.3, 0.4) is 0 Å². The summed E-state index contributed by atoms with van der Waals surface area (Å²) in [5.74, 6) is 0.564. The maximum absolute atomic E-state index is 13.1. The third-order valence-electron chi connectivity index (χ3n) is 5.19. The summed E-state index contributed by atoms with van der Waals surface area (Å²) in [7, 11) is 1.54. The van der Waals surface area contributed by atoms with Gasteiger partial charge in [0, 0.05) is 37.1 Å². The Morgan fingerprint density at radius 3 is 2.25 bits per heavy atom. The summed E-state index contributed by atoms with van der Waals surface area (Å²) in [5.41, 5.74) is -0.0342. The van der Waals surface area contributed by atoms with Gasteiger partial charge in [-0.3, -0.25) is 4.98 Å². The lowest BCUT2D eigenvalue weighted by atomic mass is 10.0. The summed E-state index contributed by atoms with van der Waals surface area (Å²) in [6, 6.07) is 6.69. The lowest BCUT2D eigenvalue weighted by molar-refractivity contribution is -0.137. The third kappa shape index (κ3) is 5.63. The maximum Gasteiger partial charge on any atom is 0.416 e. The normalized spacial score (nSPS) is 15.4. The van der Waals surface area contributed by atoms with E-state index < -0.39 is 17.3 Å². The van der Waals surface area contributed by atoms with Crippen molar-refractivity contribution in [2.75, 3.05) is 25.1 Å². The van der Waals surface area contributed by atoms with Crippen LogP contribution in [0.25, 0.3) is 0 Å². The van der Waals surface area contributed by atoms with Crippen molar-refractivity contribution < 1.29 is 27.4 Å². The number of ether oxygens (including phenoxy) is 2. The van der Waals surface area contributed by atoms with Gasteiger partial charge in [-0.1, -0.05) is 0 Å². The van der Waals surface area contributed by atoms with Crippen LogP contribution >= 0.6 is 0 Å². The molecule has 174 valence electrons. The van der Waals surface area contributed by atoms with Crippen molar-refractivity contribution in [3.8, 4) is 5.75 Å². The number of alkyl halides is 3. The highest BCUT2D eigenvalue weighted by Gasteiger charge is 2.33. The Labute approximate surface area is 185 Å². The number of carbonyl (C=O) groups excluding carboxylic acids is 1. The second-order valence-electron chi connectivity index (χ2n) is 8.66. The fourth-order valence-electron chi connectivity index (χ4n) is 3.72. The molecule has 9 heteroatoms. The van der Waals surface area contributed by atoms with Crippen molar-refractivity contribution in [2.45, 2.75) is 51.4 Å². The van der Waals surface area contributed by atoms with Gasteiger partial charge in [-0.15, -0.1) is 0 Å². The Bertz CT molecular complexity index is 919. The van der Waals surface area contributed by atoms with Gasteiger partial charge in [0.05, 0.1) is 18.9 Å². The first-order chi connectivity index (χ1) is 15.0. The molecule has 0 saturated carbocycles. The van der Waals surface area contributed by atoms with Gasteiger partial charge in [-0.05, 0) is 57.9 Å². The lowest BCUT2D eigenvalue weighted by Crippen LogP contribution is -2.47. The molecule has 1 saturated heterocycles. The molecular formula is C23H28F3N3O3. The molecule has 1 aliphatic rings. The van der Waals surface area contributed by atoms with E-state index in [-0.39, 0.29) is 12.1 Å². The van der Waals surface area contributed by atoms with E-state index in [0.29, 0.717) is 43.1 Å². The molecule has 3 rings (SSSR count). The first-order valence-corrected chi connectivity index (χ1v) is 10.4. The minimum absolute atomic E-state index is 0.0662. The molecule has 0 spiro atoms. The van der Waals surface area contributed by atoms with Gasteiger partial charge in [-0.25, -0.2) is 4.79 Å². The van der Waals surface area contributed by atoms with E-state index in [2.05, 4.69) is 4.98 Å². The number of anilines is 2. The number of rotatable bonds is 4.